The Morgan fingerprint density at radius 3 is 2.16 bits per heavy atom. The molecule has 0 bridgehead atoms. The molecule has 1 aromatic heterocycles. The van der Waals surface area contributed by atoms with E-state index < -0.39 is 10.0 Å². The minimum Gasteiger partial charge on any atom is -0.339 e. The SMILES string of the molecule is Cc1ccccc1S(=O)(=O)Nc1ccc(Nc2ccc(F)cc2)nn1. The number of benzene rings is 2. The number of hydrogen-bond acceptors (Lipinski definition) is 5. The maximum absolute atomic E-state index is 12.9. The number of nitrogens with zero attached hydrogens (tertiary/aromatic N) is 2. The Morgan fingerprint density at radius 2 is 1.52 bits per heavy atom. The quantitative estimate of drug-likeness (QED) is 0.730. The van der Waals surface area contributed by atoms with Crippen LogP contribution < -0.4 is 10.0 Å². The smallest absolute Gasteiger partial charge is 0.263 e. The molecule has 0 aliphatic carbocycles. The zero-order valence-corrected chi connectivity index (χ0v) is 14.1. The minimum absolute atomic E-state index is 0.105. The van der Waals surface area contributed by atoms with Crippen molar-refractivity contribution in [1.82, 2.24) is 10.2 Å². The van der Waals surface area contributed by atoms with E-state index in [0.717, 1.165) is 0 Å². The van der Waals surface area contributed by atoms with Gasteiger partial charge in [-0.3, -0.25) is 4.72 Å². The number of halogens is 1. The van der Waals surface area contributed by atoms with E-state index in [1.807, 2.05) is 0 Å². The second-order valence-corrected chi connectivity index (χ2v) is 6.96. The molecule has 128 valence electrons. The van der Waals surface area contributed by atoms with Gasteiger partial charge in [0, 0.05) is 5.69 Å². The van der Waals surface area contributed by atoms with E-state index in [1.54, 1.807) is 43.3 Å². The second-order valence-electron chi connectivity index (χ2n) is 5.31. The third-order valence-corrected chi connectivity index (χ3v) is 4.92. The topological polar surface area (TPSA) is 84.0 Å². The van der Waals surface area contributed by atoms with Gasteiger partial charge in [-0.2, -0.15) is 0 Å². The van der Waals surface area contributed by atoms with Crippen molar-refractivity contribution in [3.63, 3.8) is 0 Å². The van der Waals surface area contributed by atoms with Crippen LogP contribution >= 0.6 is 0 Å². The number of hydrogen-bond donors (Lipinski definition) is 2. The molecule has 0 amide bonds. The Balaban J connectivity index is 1.74. The molecule has 3 rings (SSSR count). The molecule has 25 heavy (non-hydrogen) atoms. The molecule has 3 aromatic rings. The Morgan fingerprint density at radius 1 is 0.880 bits per heavy atom. The molecule has 0 fully saturated rings. The number of aromatic nitrogens is 2. The predicted octanol–water partition coefficient (Wildman–Crippen LogP) is 3.47. The normalized spacial score (nSPS) is 11.1. The highest BCUT2D eigenvalue weighted by atomic mass is 32.2. The highest BCUT2D eigenvalue weighted by Crippen LogP contribution is 2.19. The molecular formula is C17H15FN4O2S. The van der Waals surface area contributed by atoms with Crippen molar-refractivity contribution in [2.45, 2.75) is 11.8 Å². The maximum atomic E-state index is 12.9. The summed E-state index contributed by atoms with van der Waals surface area (Å²) < 4.78 is 40.1. The van der Waals surface area contributed by atoms with Gasteiger partial charge in [-0.25, -0.2) is 12.8 Å². The lowest BCUT2D eigenvalue weighted by Crippen LogP contribution is -2.15. The molecule has 2 N–H and O–H groups in total. The fourth-order valence-electron chi connectivity index (χ4n) is 2.19. The van der Waals surface area contributed by atoms with Gasteiger partial charge in [0.25, 0.3) is 10.0 Å². The van der Waals surface area contributed by atoms with Crippen LogP contribution in [0.4, 0.5) is 21.7 Å². The summed E-state index contributed by atoms with van der Waals surface area (Å²) in [5, 5.41) is 10.7. The second kappa shape index (κ2) is 6.86. The van der Waals surface area contributed by atoms with Gasteiger partial charge >= 0.3 is 0 Å². The van der Waals surface area contributed by atoms with Crippen molar-refractivity contribution >= 4 is 27.3 Å². The third-order valence-electron chi connectivity index (χ3n) is 3.40. The average Bonchev–Trinajstić information content (AvgIpc) is 2.59. The Hall–Kier alpha value is -3.00. The van der Waals surface area contributed by atoms with Crippen LogP contribution in [-0.2, 0) is 10.0 Å². The number of anilines is 3. The molecule has 8 heteroatoms. The standard InChI is InChI=1S/C17H15FN4O2S/c1-12-4-2-3-5-15(12)25(23,24)22-17-11-10-16(20-21-17)19-14-8-6-13(18)7-9-14/h2-11H,1H3,(H,19,20)(H,21,22). The lowest BCUT2D eigenvalue weighted by atomic mass is 10.2. The van der Waals surface area contributed by atoms with E-state index in [2.05, 4.69) is 20.2 Å². The van der Waals surface area contributed by atoms with E-state index in [9.17, 15) is 12.8 Å². The zero-order valence-electron chi connectivity index (χ0n) is 13.3. The van der Waals surface area contributed by atoms with Gasteiger partial charge in [-0.05, 0) is 55.0 Å². The molecule has 0 unspecified atom stereocenters. The summed E-state index contributed by atoms with van der Waals surface area (Å²) in [7, 11) is -3.74. The summed E-state index contributed by atoms with van der Waals surface area (Å²) in [5.41, 5.74) is 1.28. The molecule has 0 saturated carbocycles. The van der Waals surface area contributed by atoms with Crippen LogP contribution in [-0.4, -0.2) is 18.6 Å². The van der Waals surface area contributed by atoms with E-state index in [4.69, 9.17) is 0 Å². The first-order valence-corrected chi connectivity index (χ1v) is 8.87. The highest BCUT2D eigenvalue weighted by Gasteiger charge is 2.17. The number of rotatable bonds is 5. The molecule has 1 heterocycles. The summed E-state index contributed by atoms with van der Waals surface area (Å²) >= 11 is 0. The van der Waals surface area contributed by atoms with E-state index >= 15 is 0 Å². The minimum atomic E-state index is -3.74. The van der Waals surface area contributed by atoms with Crippen LogP contribution in [0.15, 0.2) is 65.6 Å². The largest absolute Gasteiger partial charge is 0.339 e. The van der Waals surface area contributed by atoms with Gasteiger partial charge in [0.1, 0.15) is 5.82 Å². The third kappa shape index (κ3) is 4.10. The van der Waals surface area contributed by atoms with Crippen molar-refractivity contribution in [3.05, 3.63) is 72.0 Å². The van der Waals surface area contributed by atoms with Gasteiger partial charge in [0.2, 0.25) is 0 Å². The molecular weight excluding hydrogens is 343 g/mol. The van der Waals surface area contributed by atoms with E-state index in [-0.39, 0.29) is 16.5 Å². The molecule has 2 aromatic carbocycles. The fraction of sp³-hybridized carbons (Fsp3) is 0.0588. The number of aryl methyl sites for hydroxylation is 1. The van der Waals surface area contributed by atoms with Gasteiger partial charge < -0.3 is 5.32 Å². The summed E-state index contributed by atoms with van der Waals surface area (Å²) in [6.07, 6.45) is 0. The molecule has 6 nitrogen and oxygen atoms in total. The first-order chi connectivity index (χ1) is 11.9. The number of sulfonamides is 1. The fourth-order valence-corrected chi connectivity index (χ4v) is 3.43. The van der Waals surface area contributed by atoms with E-state index in [1.165, 1.54) is 24.3 Å². The van der Waals surface area contributed by atoms with Crippen molar-refractivity contribution in [1.29, 1.82) is 0 Å². The monoisotopic (exact) mass is 358 g/mol. The molecule has 0 atom stereocenters. The first-order valence-electron chi connectivity index (χ1n) is 7.39. The zero-order chi connectivity index (χ0) is 17.9. The van der Waals surface area contributed by atoms with Crippen LogP contribution in [0.1, 0.15) is 5.56 Å². The Kier molecular flexibility index (Phi) is 4.62. The number of nitrogens with one attached hydrogen (secondary N) is 2. The van der Waals surface area contributed by atoms with Crippen molar-refractivity contribution in [3.8, 4) is 0 Å². The summed E-state index contributed by atoms with van der Waals surface area (Å²) in [5.74, 6) is 0.177. The van der Waals surface area contributed by atoms with Gasteiger partial charge in [-0.15, -0.1) is 10.2 Å². The summed E-state index contributed by atoms with van der Waals surface area (Å²) in [6.45, 7) is 1.72. The predicted molar refractivity (Wildman–Crippen MR) is 93.7 cm³/mol. The molecule has 0 radical (unpaired) electrons. The van der Waals surface area contributed by atoms with Gasteiger partial charge in [0.05, 0.1) is 4.90 Å². The lowest BCUT2D eigenvalue weighted by molar-refractivity contribution is 0.600. The highest BCUT2D eigenvalue weighted by molar-refractivity contribution is 7.92. The molecule has 0 aliphatic heterocycles. The Bertz CT molecular complexity index is 974. The average molecular weight is 358 g/mol. The summed E-state index contributed by atoms with van der Waals surface area (Å²) in [6, 6.07) is 15.5. The van der Waals surface area contributed by atoms with Crippen LogP contribution in [0.2, 0.25) is 0 Å². The van der Waals surface area contributed by atoms with Crippen molar-refractivity contribution in [2.75, 3.05) is 10.0 Å². The molecule has 0 saturated heterocycles. The molecule has 0 spiro atoms. The Labute approximate surface area is 144 Å². The van der Waals surface area contributed by atoms with Crippen LogP contribution in [0.3, 0.4) is 0 Å². The van der Waals surface area contributed by atoms with Gasteiger partial charge in [-0.1, -0.05) is 18.2 Å². The van der Waals surface area contributed by atoms with Gasteiger partial charge in [0.15, 0.2) is 11.6 Å². The van der Waals surface area contributed by atoms with Crippen molar-refractivity contribution in [2.24, 2.45) is 0 Å². The van der Waals surface area contributed by atoms with Crippen LogP contribution in [0, 0.1) is 12.7 Å². The maximum Gasteiger partial charge on any atom is 0.263 e. The summed E-state index contributed by atoms with van der Waals surface area (Å²) in [4.78, 5) is 0.185. The first kappa shape index (κ1) is 16.8. The molecule has 0 aliphatic rings. The van der Waals surface area contributed by atoms with Crippen LogP contribution in [0.25, 0.3) is 0 Å². The van der Waals surface area contributed by atoms with Crippen LogP contribution in [0.5, 0.6) is 0 Å². The lowest BCUT2D eigenvalue weighted by Gasteiger charge is -2.10. The van der Waals surface area contributed by atoms with Crippen molar-refractivity contribution < 1.29 is 12.8 Å². The van der Waals surface area contributed by atoms with E-state index in [0.29, 0.717) is 17.1 Å².